The molecule has 0 unspecified atom stereocenters. The van der Waals surface area contributed by atoms with Crippen LogP contribution in [0.2, 0.25) is 0 Å². The van der Waals surface area contributed by atoms with Gasteiger partial charge in [-0.15, -0.1) is 0 Å². The van der Waals surface area contributed by atoms with Crippen molar-refractivity contribution in [3.05, 3.63) is 29.8 Å². The second kappa shape index (κ2) is 10.6. The summed E-state index contributed by atoms with van der Waals surface area (Å²) in [6.45, 7) is 10.1. The summed E-state index contributed by atoms with van der Waals surface area (Å²) in [5.74, 6) is 1.28. The number of benzene rings is 1. The highest BCUT2D eigenvalue weighted by Crippen LogP contribution is 2.49. The van der Waals surface area contributed by atoms with Crippen LogP contribution in [0, 0.1) is 23.7 Å². The van der Waals surface area contributed by atoms with Gasteiger partial charge in [0.05, 0.1) is 4.90 Å². The molecule has 5 atom stereocenters. The Hall–Kier alpha value is -1.93. The molecule has 2 saturated carbocycles. The van der Waals surface area contributed by atoms with E-state index in [1.165, 1.54) is 42.1 Å². The molecule has 2 N–H and O–H groups in total. The van der Waals surface area contributed by atoms with Gasteiger partial charge in [0.1, 0.15) is 6.04 Å². The van der Waals surface area contributed by atoms with Crippen molar-refractivity contribution < 1.29 is 18.0 Å². The van der Waals surface area contributed by atoms with Crippen LogP contribution in [-0.2, 0) is 14.8 Å². The zero-order valence-corrected chi connectivity index (χ0v) is 21.3. The van der Waals surface area contributed by atoms with Crippen molar-refractivity contribution in [2.75, 3.05) is 13.1 Å². The van der Waals surface area contributed by atoms with Crippen molar-refractivity contribution in [2.24, 2.45) is 23.7 Å². The van der Waals surface area contributed by atoms with E-state index >= 15 is 0 Å². The summed E-state index contributed by atoms with van der Waals surface area (Å²) in [6, 6.07) is 5.40. The summed E-state index contributed by atoms with van der Waals surface area (Å²) >= 11 is 0. The van der Waals surface area contributed by atoms with Crippen LogP contribution in [0.15, 0.2) is 29.2 Å². The highest BCUT2D eigenvalue weighted by molar-refractivity contribution is 7.89. The molecule has 1 aromatic rings. The van der Waals surface area contributed by atoms with Crippen molar-refractivity contribution in [3.63, 3.8) is 0 Å². The summed E-state index contributed by atoms with van der Waals surface area (Å²) in [5.41, 5.74) is 0.225. The van der Waals surface area contributed by atoms with Gasteiger partial charge in [-0.1, -0.05) is 40.2 Å². The molecule has 8 heteroatoms. The molecule has 3 rings (SSSR count). The molecule has 2 aliphatic rings. The molecule has 2 aliphatic carbocycles. The van der Waals surface area contributed by atoms with E-state index in [-0.39, 0.29) is 28.3 Å². The lowest BCUT2D eigenvalue weighted by Gasteiger charge is -2.31. The zero-order valence-electron chi connectivity index (χ0n) is 20.5. The second-order valence-electron chi connectivity index (χ2n) is 9.95. The first-order valence-corrected chi connectivity index (χ1v) is 13.7. The second-order valence-corrected chi connectivity index (χ2v) is 11.9. The Balaban J connectivity index is 1.69. The molecule has 7 nitrogen and oxygen atoms in total. The smallest absolute Gasteiger partial charge is 0.251 e. The molecule has 0 spiro atoms. The number of hydrogen-bond acceptors (Lipinski definition) is 4. The summed E-state index contributed by atoms with van der Waals surface area (Å²) in [6.07, 6.45) is 5.03. The Morgan fingerprint density at radius 3 is 2.30 bits per heavy atom. The topological polar surface area (TPSA) is 95.6 Å². The molecule has 0 radical (unpaired) electrons. The van der Waals surface area contributed by atoms with E-state index in [0.29, 0.717) is 24.9 Å². The van der Waals surface area contributed by atoms with Gasteiger partial charge in [0.25, 0.3) is 5.91 Å². The van der Waals surface area contributed by atoms with E-state index in [2.05, 4.69) is 17.6 Å². The number of amides is 2. The third-order valence-corrected chi connectivity index (χ3v) is 9.53. The quantitative estimate of drug-likeness (QED) is 0.540. The monoisotopic (exact) mass is 477 g/mol. The van der Waals surface area contributed by atoms with E-state index in [1.54, 1.807) is 26.0 Å². The van der Waals surface area contributed by atoms with Crippen LogP contribution in [0.4, 0.5) is 0 Å². The minimum Gasteiger partial charge on any atom is -0.352 e. The summed E-state index contributed by atoms with van der Waals surface area (Å²) in [4.78, 5) is 26.2. The van der Waals surface area contributed by atoms with Crippen molar-refractivity contribution in [3.8, 4) is 0 Å². The number of carbonyl (C=O) groups excluding carboxylic acids is 2. The highest BCUT2D eigenvalue weighted by Gasteiger charge is 2.42. The van der Waals surface area contributed by atoms with Crippen molar-refractivity contribution in [1.82, 2.24) is 14.9 Å². The molecular weight excluding hydrogens is 438 g/mol. The SMILES string of the molecule is CCN(CC)S(=O)(=O)c1cccc(C(=O)N[C@H](C(=O)N[C@H](C)[C@H]2C[C@H]3CC[C@H]2C3)C(C)C)c1. The maximum absolute atomic E-state index is 13.1. The summed E-state index contributed by atoms with van der Waals surface area (Å²) in [7, 11) is -3.67. The van der Waals surface area contributed by atoms with Crippen LogP contribution in [0.25, 0.3) is 0 Å². The molecule has 33 heavy (non-hydrogen) atoms. The maximum Gasteiger partial charge on any atom is 0.251 e. The normalized spacial score (nSPS) is 24.2. The van der Waals surface area contributed by atoms with Crippen LogP contribution in [0.5, 0.6) is 0 Å². The molecule has 0 heterocycles. The first kappa shape index (κ1) is 25.7. The van der Waals surface area contributed by atoms with Gasteiger partial charge in [-0.05, 0) is 68.1 Å². The lowest BCUT2D eigenvalue weighted by molar-refractivity contribution is -0.125. The van der Waals surface area contributed by atoms with Gasteiger partial charge in [-0.25, -0.2) is 8.42 Å². The van der Waals surface area contributed by atoms with Crippen LogP contribution in [-0.4, -0.2) is 49.7 Å². The number of nitrogens with zero attached hydrogens (tertiary/aromatic N) is 1. The Morgan fingerprint density at radius 2 is 1.76 bits per heavy atom. The molecule has 0 aliphatic heterocycles. The van der Waals surface area contributed by atoms with Gasteiger partial charge in [0, 0.05) is 24.7 Å². The molecule has 0 saturated heterocycles. The van der Waals surface area contributed by atoms with Gasteiger partial charge in [-0.3, -0.25) is 9.59 Å². The zero-order chi connectivity index (χ0) is 24.3. The molecule has 2 bridgehead atoms. The van der Waals surface area contributed by atoms with Crippen LogP contribution < -0.4 is 10.6 Å². The molecule has 2 amide bonds. The first-order chi connectivity index (χ1) is 15.6. The van der Waals surface area contributed by atoms with Gasteiger partial charge >= 0.3 is 0 Å². The number of nitrogens with one attached hydrogen (secondary N) is 2. The van der Waals surface area contributed by atoms with E-state index in [0.717, 1.165) is 5.92 Å². The molecule has 0 aromatic heterocycles. The molecule has 184 valence electrons. The van der Waals surface area contributed by atoms with Gasteiger partial charge < -0.3 is 10.6 Å². The predicted octanol–water partition coefficient (Wildman–Crippen LogP) is 3.41. The average molecular weight is 478 g/mol. The van der Waals surface area contributed by atoms with Crippen LogP contribution in [0.1, 0.15) is 70.7 Å². The summed E-state index contributed by atoms with van der Waals surface area (Å²) in [5, 5.41) is 5.99. The fourth-order valence-electron chi connectivity index (χ4n) is 5.60. The Morgan fingerprint density at radius 1 is 1.06 bits per heavy atom. The fraction of sp³-hybridized carbons (Fsp3) is 0.680. The van der Waals surface area contributed by atoms with E-state index in [1.807, 2.05) is 13.8 Å². The Kier molecular flexibility index (Phi) is 8.22. The first-order valence-electron chi connectivity index (χ1n) is 12.3. The molecule has 1 aromatic carbocycles. The van der Waals surface area contributed by atoms with E-state index < -0.39 is 22.0 Å². The third-order valence-electron chi connectivity index (χ3n) is 7.48. The average Bonchev–Trinajstić information content (AvgIpc) is 3.41. The molecule has 2 fully saturated rings. The maximum atomic E-state index is 13.1. The Labute approximate surface area is 198 Å². The number of rotatable bonds is 10. The third kappa shape index (κ3) is 5.60. The lowest BCUT2D eigenvalue weighted by atomic mass is 9.84. The number of carbonyl (C=O) groups is 2. The Bertz CT molecular complexity index is 958. The molecular formula is C25H39N3O4S. The number of hydrogen-bond donors (Lipinski definition) is 2. The minimum absolute atomic E-state index is 0.0773. The minimum atomic E-state index is -3.67. The van der Waals surface area contributed by atoms with Crippen LogP contribution >= 0.6 is 0 Å². The number of sulfonamides is 1. The predicted molar refractivity (Wildman–Crippen MR) is 129 cm³/mol. The van der Waals surface area contributed by atoms with Crippen molar-refractivity contribution >= 4 is 21.8 Å². The van der Waals surface area contributed by atoms with Gasteiger partial charge in [0.15, 0.2) is 0 Å². The summed E-state index contributed by atoms with van der Waals surface area (Å²) < 4.78 is 27.0. The highest BCUT2D eigenvalue weighted by atomic mass is 32.2. The van der Waals surface area contributed by atoms with E-state index in [4.69, 9.17) is 0 Å². The van der Waals surface area contributed by atoms with Crippen molar-refractivity contribution in [2.45, 2.75) is 77.3 Å². The fourth-order valence-corrected chi connectivity index (χ4v) is 7.10. The lowest BCUT2D eigenvalue weighted by Crippen LogP contribution is -2.53. The largest absolute Gasteiger partial charge is 0.352 e. The number of fused-ring (bicyclic) bond motifs is 2. The van der Waals surface area contributed by atoms with E-state index in [9.17, 15) is 18.0 Å². The van der Waals surface area contributed by atoms with Crippen molar-refractivity contribution in [1.29, 1.82) is 0 Å². The standard InChI is InChI=1S/C25H39N3O4S/c1-6-28(7-2)33(31,32)21-10-8-9-20(15-21)24(29)27-23(16(3)4)25(30)26-17(5)22-14-18-11-12-19(22)13-18/h8-10,15-19,22-23H,6-7,11-14H2,1-5H3,(H,26,30)(H,27,29)/t17-,18+,19+,22-,23+/m1/s1. The van der Waals surface area contributed by atoms with Gasteiger partial charge in [-0.2, -0.15) is 4.31 Å². The van der Waals surface area contributed by atoms with Crippen LogP contribution in [0.3, 0.4) is 0 Å². The van der Waals surface area contributed by atoms with Gasteiger partial charge in [0.2, 0.25) is 15.9 Å².